The van der Waals surface area contributed by atoms with E-state index in [2.05, 4.69) is 34.6 Å². The van der Waals surface area contributed by atoms with Crippen molar-refractivity contribution >= 4 is 0 Å². The molecule has 0 radical (unpaired) electrons. The Morgan fingerprint density at radius 2 is 1.75 bits per heavy atom. The molecule has 0 aliphatic heterocycles. The lowest BCUT2D eigenvalue weighted by molar-refractivity contribution is 0.339. The summed E-state index contributed by atoms with van der Waals surface area (Å²) in [5.41, 5.74) is 3.37. The minimum Gasteiger partial charge on any atom is -0.0744 e. The standard InChI is InChI=1S/C16H30/c1-6-12(3)15(7-2)10-11-16-9-8-13(4)14(16)5/h13-14,16H,6-11H2,1-5H3. The van der Waals surface area contributed by atoms with Crippen LogP contribution in [-0.2, 0) is 0 Å². The zero-order valence-corrected chi connectivity index (χ0v) is 12.0. The highest BCUT2D eigenvalue weighted by atomic mass is 14.3. The average Bonchev–Trinajstić information content (AvgIpc) is 2.61. The number of allylic oxidation sites excluding steroid dienone is 2. The third kappa shape index (κ3) is 3.37. The first-order valence-corrected chi connectivity index (χ1v) is 7.27. The molecule has 0 amide bonds. The van der Waals surface area contributed by atoms with Gasteiger partial charge < -0.3 is 0 Å². The monoisotopic (exact) mass is 222 g/mol. The van der Waals surface area contributed by atoms with Gasteiger partial charge in [0, 0.05) is 0 Å². The predicted octanol–water partition coefficient (Wildman–Crippen LogP) is 5.59. The van der Waals surface area contributed by atoms with Crippen LogP contribution in [0.1, 0.15) is 73.1 Å². The Hall–Kier alpha value is -0.260. The molecule has 16 heavy (non-hydrogen) atoms. The predicted molar refractivity (Wildman–Crippen MR) is 73.6 cm³/mol. The molecule has 0 aromatic carbocycles. The summed E-state index contributed by atoms with van der Waals surface area (Å²) in [6.07, 6.45) is 8.23. The third-order valence-corrected chi connectivity index (χ3v) is 5.01. The zero-order chi connectivity index (χ0) is 12.1. The summed E-state index contributed by atoms with van der Waals surface area (Å²) in [6, 6.07) is 0. The van der Waals surface area contributed by atoms with E-state index in [4.69, 9.17) is 0 Å². The molecule has 0 heterocycles. The largest absolute Gasteiger partial charge is 0.0744 e. The number of hydrogen-bond acceptors (Lipinski definition) is 0. The Kier molecular flexibility index (Phi) is 5.58. The molecule has 1 saturated carbocycles. The molecule has 3 unspecified atom stereocenters. The Morgan fingerprint density at radius 3 is 2.19 bits per heavy atom. The summed E-state index contributed by atoms with van der Waals surface area (Å²) in [6.45, 7) is 11.8. The van der Waals surface area contributed by atoms with E-state index in [9.17, 15) is 0 Å². The van der Waals surface area contributed by atoms with E-state index < -0.39 is 0 Å². The van der Waals surface area contributed by atoms with Gasteiger partial charge in [-0.25, -0.2) is 0 Å². The smallest absolute Gasteiger partial charge is 0.0315 e. The van der Waals surface area contributed by atoms with Gasteiger partial charge in [-0.15, -0.1) is 0 Å². The maximum Gasteiger partial charge on any atom is -0.0315 e. The summed E-state index contributed by atoms with van der Waals surface area (Å²) in [7, 11) is 0. The van der Waals surface area contributed by atoms with Crippen LogP contribution in [0.3, 0.4) is 0 Å². The van der Waals surface area contributed by atoms with Crippen molar-refractivity contribution in [3.63, 3.8) is 0 Å². The Balaban J connectivity index is 2.45. The van der Waals surface area contributed by atoms with Crippen molar-refractivity contribution in [2.24, 2.45) is 17.8 Å². The van der Waals surface area contributed by atoms with Gasteiger partial charge in [0.15, 0.2) is 0 Å². The Morgan fingerprint density at radius 1 is 1.06 bits per heavy atom. The first-order chi connectivity index (χ1) is 7.60. The van der Waals surface area contributed by atoms with E-state index in [0.717, 1.165) is 17.8 Å². The lowest BCUT2D eigenvalue weighted by atomic mass is 9.87. The molecule has 0 nitrogen and oxygen atoms in total. The Labute approximate surface area is 103 Å². The van der Waals surface area contributed by atoms with Crippen molar-refractivity contribution in [3.8, 4) is 0 Å². The van der Waals surface area contributed by atoms with E-state index in [-0.39, 0.29) is 0 Å². The normalized spacial score (nSPS) is 31.7. The fourth-order valence-electron chi connectivity index (χ4n) is 3.18. The minimum absolute atomic E-state index is 0.958. The molecule has 0 aromatic heterocycles. The van der Waals surface area contributed by atoms with Crippen LogP contribution < -0.4 is 0 Å². The maximum absolute atomic E-state index is 2.46. The number of hydrogen-bond donors (Lipinski definition) is 0. The van der Waals surface area contributed by atoms with Crippen LogP contribution in [0.4, 0.5) is 0 Å². The van der Waals surface area contributed by atoms with Crippen molar-refractivity contribution < 1.29 is 0 Å². The van der Waals surface area contributed by atoms with E-state index in [1.807, 2.05) is 0 Å². The van der Waals surface area contributed by atoms with E-state index in [0.29, 0.717) is 0 Å². The molecular formula is C16H30. The third-order valence-electron chi connectivity index (χ3n) is 5.01. The van der Waals surface area contributed by atoms with Gasteiger partial charge in [-0.3, -0.25) is 0 Å². The molecule has 94 valence electrons. The molecule has 0 spiro atoms. The summed E-state index contributed by atoms with van der Waals surface area (Å²) in [5, 5.41) is 0. The highest BCUT2D eigenvalue weighted by Gasteiger charge is 2.29. The second-order valence-corrected chi connectivity index (χ2v) is 5.80. The maximum atomic E-state index is 2.46. The average molecular weight is 222 g/mol. The molecule has 0 aromatic rings. The van der Waals surface area contributed by atoms with Gasteiger partial charge in [-0.1, -0.05) is 45.3 Å². The van der Waals surface area contributed by atoms with Gasteiger partial charge >= 0.3 is 0 Å². The minimum atomic E-state index is 0.958. The SMILES string of the molecule is CCC(C)=C(CC)CCC1CCC(C)C1C. The summed E-state index contributed by atoms with van der Waals surface area (Å²) < 4.78 is 0. The van der Waals surface area contributed by atoms with E-state index in [1.54, 1.807) is 11.1 Å². The molecule has 0 bridgehead atoms. The molecule has 1 aliphatic rings. The lowest BCUT2D eigenvalue weighted by Gasteiger charge is -2.19. The van der Waals surface area contributed by atoms with E-state index in [1.165, 1.54) is 38.5 Å². The second kappa shape index (κ2) is 6.47. The van der Waals surface area contributed by atoms with Gasteiger partial charge in [0.1, 0.15) is 0 Å². The first kappa shape index (κ1) is 13.8. The highest BCUT2D eigenvalue weighted by molar-refractivity contribution is 5.11. The van der Waals surface area contributed by atoms with Crippen LogP contribution in [-0.4, -0.2) is 0 Å². The summed E-state index contributed by atoms with van der Waals surface area (Å²) in [4.78, 5) is 0. The van der Waals surface area contributed by atoms with Crippen molar-refractivity contribution in [2.45, 2.75) is 73.1 Å². The van der Waals surface area contributed by atoms with Gasteiger partial charge in [-0.2, -0.15) is 0 Å². The molecule has 0 N–H and O–H groups in total. The summed E-state index contributed by atoms with van der Waals surface area (Å²) in [5.74, 6) is 2.92. The van der Waals surface area contributed by atoms with Crippen molar-refractivity contribution in [3.05, 3.63) is 11.1 Å². The van der Waals surface area contributed by atoms with Gasteiger partial charge in [0.25, 0.3) is 0 Å². The van der Waals surface area contributed by atoms with Crippen LogP contribution in [0.5, 0.6) is 0 Å². The van der Waals surface area contributed by atoms with Crippen LogP contribution in [0.2, 0.25) is 0 Å². The van der Waals surface area contributed by atoms with Gasteiger partial charge in [-0.05, 0) is 56.8 Å². The number of rotatable bonds is 5. The quantitative estimate of drug-likeness (QED) is 0.532. The molecular weight excluding hydrogens is 192 g/mol. The lowest BCUT2D eigenvalue weighted by Crippen LogP contribution is -2.09. The fourth-order valence-corrected chi connectivity index (χ4v) is 3.18. The van der Waals surface area contributed by atoms with Crippen molar-refractivity contribution in [1.82, 2.24) is 0 Å². The van der Waals surface area contributed by atoms with Crippen LogP contribution in [0.15, 0.2) is 11.1 Å². The van der Waals surface area contributed by atoms with Crippen LogP contribution in [0, 0.1) is 17.8 Å². The molecule has 0 saturated heterocycles. The summed E-state index contributed by atoms with van der Waals surface area (Å²) >= 11 is 0. The molecule has 3 atom stereocenters. The van der Waals surface area contributed by atoms with Crippen molar-refractivity contribution in [1.29, 1.82) is 0 Å². The zero-order valence-electron chi connectivity index (χ0n) is 12.0. The van der Waals surface area contributed by atoms with E-state index >= 15 is 0 Å². The fraction of sp³-hybridized carbons (Fsp3) is 0.875. The molecule has 1 rings (SSSR count). The van der Waals surface area contributed by atoms with Crippen LogP contribution in [0.25, 0.3) is 0 Å². The van der Waals surface area contributed by atoms with Gasteiger partial charge in [0.2, 0.25) is 0 Å². The topological polar surface area (TPSA) is 0 Å². The second-order valence-electron chi connectivity index (χ2n) is 5.80. The van der Waals surface area contributed by atoms with Crippen LogP contribution >= 0.6 is 0 Å². The molecule has 1 aliphatic carbocycles. The first-order valence-electron chi connectivity index (χ1n) is 7.27. The molecule has 0 heteroatoms. The molecule has 1 fully saturated rings. The highest BCUT2D eigenvalue weighted by Crippen LogP contribution is 2.39. The van der Waals surface area contributed by atoms with Crippen molar-refractivity contribution in [2.75, 3.05) is 0 Å². The Bertz CT molecular complexity index is 236. The van der Waals surface area contributed by atoms with Gasteiger partial charge in [0.05, 0.1) is 0 Å².